The van der Waals surface area contributed by atoms with Crippen LogP contribution in [-0.4, -0.2) is 0 Å². The van der Waals surface area contributed by atoms with Gasteiger partial charge in [-0.1, -0.05) is 11.6 Å². The second-order valence-electron chi connectivity index (χ2n) is 3.89. The molecular weight excluding hydrogens is 254 g/mol. The minimum atomic E-state index is -0.0915. The maximum atomic E-state index is 5.95. The predicted molar refractivity (Wildman–Crippen MR) is 72.7 cm³/mol. The van der Waals surface area contributed by atoms with E-state index in [1.165, 1.54) is 5.56 Å². The molecule has 2 aromatic rings. The maximum absolute atomic E-state index is 5.95. The second kappa shape index (κ2) is 5.54. The standard InChI is InChI=1S/C13H14ClNOS/c1-9(15)12-6-11(14)2-3-13(12)16-7-10-4-5-17-8-10/h2-6,8-9H,7,15H2,1H3/t9-/m1/s1. The molecule has 4 heteroatoms. The summed E-state index contributed by atoms with van der Waals surface area (Å²) in [4.78, 5) is 0. The van der Waals surface area contributed by atoms with E-state index in [1.807, 2.05) is 36.6 Å². The van der Waals surface area contributed by atoms with Crippen LogP contribution in [0.2, 0.25) is 5.02 Å². The van der Waals surface area contributed by atoms with Gasteiger partial charge in [0, 0.05) is 16.6 Å². The average Bonchev–Trinajstić information content (AvgIpc) is 2.80. The first-order chi connectivity index (χ1) is 8.16. The number of nitrogens with two attached hydrogens (primary N) is 1. The van der Waals surface area contributed by atoms with Crippen molar-refractivity contribution in [3.63, 3.8) is 0 Å². The monoisotopic (exact) mass is 267 g/mol. The fourth-order valence-corrected chi connectivity index (χ4v) is 2.38. The van der Waals surface area contributed by atoms with Gasteiger partial charge in [0.05, 0.1) is 0 Å². The largest absolute Gasteiger partial charge is 0.489 e. The molecule has 1 heterocycles. The normalized spacial score (nSPS) is 12.4. The van der Waals surface area contributed by atoms with Crippen LogP contribution >= 0.6 is 22.9 Å². The molecule has 0 saturated heterocycles. The summed E-state index contributed by atoms with van der Waals surface area (Å²) in [7, 11) is 0. The Kier molecular flexibility index (Phi) is 4.05. The van der Waals surface area contributed by atoms with Crippen LogP contribution in [-0.2, 0) is 6.61 Å². The number of rotatable bonds is 4. The Morgan fingerprint density at radius 2 is 2.24 bits per heavy atom. The topological polar surface area (TPSA) is 35.2 Å². The minimum Gasteiger partial charge on any atom is -0.489 e. The number of benzene rings is 1. The molecule has 1 atom stereocenters. The predicted octanol–water partition coefficient (Wildman–Crippen LogP) is 4.00. The Balaban J connectivity index is 2.14. The zero-order valence-corrected chi connectivity index (χ0v) is 11.1. The van der Waals surface area contributed by atoms with Crippen molar-refractivity contribution in [2.75, 3.05) is 0 Å². The molecule has 2 N–H and O–H groups in total. The van der Waals surface area contributed by atoms with Crippen molar-refractivity contribution in [2.45, 2.75) is 19.6 Å². The highest BCUT2D eigenvalue weighted by Crippen LogP contribution is 2.28. The molecule has 0 aliphatic rings. The van der Waals surface area contributed by atoms with E-state index in [0.29, 0.717) is 11.6 Å². The summed E-state index contributed by atoms with van der Waals surface area (Å²) in [6, 6.07) is 7.50. The third kappa shape index (κ3) is 3.22. The molecule has 90 valence electrons. The summed E-state index contributed by atoms with van der Waals surface area (Å²) in [5.74, 6) is 0.801. The zero-order valence-electron chi connectivity index (χ0n) is 9.52. The van der Waals surface area contributed by atoms with Crippen molar-refractivity contribution < 1.29 is 4.74 Å². The van der Waals surface area contributed by atoms with Crippen LogP contribution < -0.4 is 10.5 Å². The van der Waals surface area contributed by atoms with Crippen LogP contribution in [0.15, 0.2) is 35.0 Å². The van der Waals surface area contributed by atoms with Gasteiger partial charge in [-0.15, -0.1) is 0 Å². The number of ether oxygens (including phenoxy) is 1. The van der Waals surface area contributed by atoms with Gasteiger partial charge in [-0.3, -0.25) is 0 Å². The molecule has 17 heavy (non-hydrogen) atoms. The molecule has 0 aliphatic carbocycles. The molecule has 2 nitrogen and oxygen atoms in total. The van der Waals surface area contributed by atoms with E-state index in [-0.39, 0.29) is 6.04 Å². The zero-order chi connectivity index (χ0) is 12.3. The highest BCUT2D eigenvalue weighted by Gasteiger charge is 2.09. The van der Waals surface area contributed by atoms with Crippen molar-refractivity contribution in [1.82, 2.24) is 0 Å². The first-order valence-electron chi connectivity index (χ1n) is 5.35. The molecule has 1 aromatic heterocycles. The Morgan fingerprint density at radius 1 is 1.41 bits per heavy atom. The van der Waals surface area contributed by atoms with E-state index in [2.05, 4.69) is 5.38 Å². The number of hydrogen-bond acceptors (Lipinski definition) is 3. The van der Waals surface area contributed by atoms with Gasteiger partial charge >= 0.3 is 0 Å². The lowest BCUT2D eigenvalue weighted by atomic mass is 10.1. The van der Waals surface area contributed by atoms with Crippen LogP contribution in [0.5, 0.6) is 5.75 Å². The van der Waals surface area contributed by atoms with Crippen LogP contribution in [0.3, 0.4) is 0 Å². The van der Waals surface area contributed by atoms with E-state index >= 15 is 0 Å². The summed E-state index contributed by atoms with van der Waals surface area (Å²) in [5, 5.41) is 4.79. The van der Waals surface area contributed by atoms with Gasteiger partial charge in [0.1, 0.15) is 12.4 Å². The Bertz CT molecular complexity index is 482. The van der Waals surface area contributed by atoms with Gasteiger partial charge in [0.25, 0.3) is 0 Å². The smallest absolute Gasteiger partial charge is 0.124 e. The van der Waals surface area contributed by atoms with Crippen molar-refractivity contribution in [3.05, 3.63) is 51.2 Å². The highest BCUT2D eigenvalue weighted by molar-refractivity contribution is 7.07. The van der Waals surface area contributed by atoms with Gasteiger partial charge in [0.2, 0.25) is 0 Å². The average molecular weight is 268 g/mol. The Hall–Kier alpha value is -1.03. The molecule has 0 bridgehead atoms. The van der Waals surface area contributed by atoms with Gasteiger partial charge in [-0.2, -0.15) is 11.3 Å². The lowest BCUT2D eigenvalue weighted by Gasteiger charge is -2.14. The fourth-order valence-electron chi connectivity index (χ4n) is 1.54. The molecule has 0 spiro atoms. The van der Waals surface area contributed by atoms with Gasteiger partial charge in [0.15, 0.2) is 0 Å². The Morgan fingerprint density at radius 3 is 2.88 bits per heavy atom. The van der Waals surface area contributed by atoms with E-state index in [9.17, 15) is 0 Å². The van der Waals surface area contributed by atoms with Crippen molar-refractivity contribution >= 4 is 22.9 Å². The molecule has 0 fully saturated rings. The molecular formula is C13H14ClNOS. The van der Waals surface area contributed by atoms with Crippen LogP contribution in [0, 0.1) is 0 Å². The Labute approximate surface area is 110 Å². The van der Waals surface area contributed by atoms with Crippen LogP contribution in [0.1, 0.15) is 24.1 Å². The van der Waals surface area contributed by atoms with Gasteiger partial charge < -0.3 is 10.5 Å². The summed E-state index contributed by atoms with van der Waals surface area (Å²) < 4.78 is 5.77. The summed E-state index contributed by atoms with van der Waals surface area (Å²) in [6.07, 6.45) is 0. The number of hydrogen-bond donors (Lipinski definition) is 1. The lowest BCUT2D eigenvalue weighted by molar-refractivity contribution is 0.302. The fraction of sp³-hybridized carbons (Fsp3) is 0.231. The van der Waals surface area contributed by atoms with Crippen LogP contribution in [0.4, 0.5) is 0 Å². The molecule has 0 radical (unpaired) electrons. The first kappa shape index (κ1) is 12.4. The first-order valence-corrected chi connectivity index (χ1v) is 6.68. The van der Waals surface area contributed by atoms with Crippen LogP contribution in [0.25, 0.3) is 0 Å². The molecule has 0 unspecified atom stereocenters. The van der Waals surface area contributed by atoms with Crippen molar-refractivity contribution in [1.29, 1.82) is 0 Å². The highest BCUT2D eigenvalue weighted by atomic mass is 35.5. The molecule has 2 rings (SSSR count). The van der Waals surface area contributed by atoms with E-state index in [0.717, 1.165) is 11.3 Å². The third-order valence-corrected chi connectivity index (χ3v) is 3.40. The van der Waals surface area contributed by atoms with Crippen molar-refractivity contribution in [2.24, 2.45) is 5.73 Å². The summed E-state index contributed by atoms with van der Waals surface area (Å²) >= 11 is 7.61. The molecule has 0 aliphatic heterocycles. The van der Waals surface area contributed by atoms with Crippen molar-refractivity contribution in [3.8, 4) is 5.75 Å². The SMILES string of the molecule is C[C@@H](N)c1cc(Cl)ccc1OCc1ccsc1. The summed E-state index contributed by atoms with van der Waals surface area (Å²) in [5.41, 5.74) is 8.00. The number of thiophene rings is 1. The number of halogens is 1. The van der Waals surface area contributed by atoms with E-state index in [1.54, 1.807) is 11.3 Å². The lowest BCUT2D eigenvalue weighted by Crippen LogP contribution is -2.08. The molecule has 1 aromatic carbocycles. The molecule has 0 saturated carbocycles. The summed E-state index contributed by atoms with van der Waals surface area (Å²) in [6.45, 7) is 2.48. The quantitative estimate of drug-likeness (QED) is 0.909. The van der Waals surface area contributed by atoms with Gasteiger partial charge in [-0.25, -0.2) is 0 Å². The van der Waals surface area contributed by atoms with E-state index in [4.69, 9.17) is 22.1 Å². The third-order valence-electron chi connectivity index (χ3n) is 2.44. The van der Waals surface area contributed by atoms with Gasteiger partial charge in [-0.05, 0) is 47.5 Å². The van der Waals surface area contributed by atoms with E-state index < -0.39 is 0 Å². The molecule has 0 amide bonds. The minimum absolute atomic E-state index is 0.0915. The maximum Gasteiger partial charge on any atom is 0.124 e. The second-order valence-corrected chi connectivity index (χ2v) is 5.11.